The highest BCUT2D eigenvalue weighted by atomic mass is 33.1. The lowest BCUT2D eigenvalue weighted by Gasteiger charge is -2.64. The van der Waals surface area contributed by atoms with Gasteiger partial charge in [-0.25, -0.2) is 4.98 Å². The second-order valence-electron chi connectivity index (χ2n) is 25.1. The van der Waals surface area contributed by atoms with Crippen LogP contribution in [-0.2, 0) is 11.2 Å². The van der Waals surface area contributed by atoms with Gasteiger partial charge in [0.2, 0.25) is 0 Å². The Hall–Kier alpha value is -2.91. The molecule has 1 saturated heterocycles. The third-order valence-electron chi connectivity index (χ3n) is 20.8. The Bertz CT molecular complexity index is 2460. The molecule has 71 heavy (non-hydrogen) atoms. The van der Waals surface area contributed by atoms with Crippen molar-refractivity contribution in [2.24, 2.45) is 80.2 Å². The highest BCUT2D eigenvalue weighted by Crippen LogP contribution is 2.74. The molecule has 9 aliphatic rings. The van der Waals surface area contributed by atoms with E-state index in [1.165, 1.54) is 36.8 Å². The molecule has 2 aromatic rings. The van der Waals surface area contributed by atoms with E-state index in [9.17, 15) is 25.5 Å². The van der Waals surface area contributed by atoms with E-state index < -0.39 is 46.9 Å². The molecule has 0 radical (unpaired) electrons. The molecule has 6 fully saturated rings. The van der Waals surface area contributed by atoms with Crippen LogP contribution < -0.4 is 11.1 Å². The number of carbonyl (C=O) groups is 1. The highest BCUT2D eigenvalue weighted by Gasteiger charge is 2.74. The number of aryl methyl sites for hydroxylation is 1. The Morgan fingerprint density at radius 2 is 1.76 bits per heavy atom. The zero-order valence-electron chi connectivity index (χ0n) is 42.8. The minimum Gasteiger partial charge on any atom is -0.392 e. The summed E-state index contributed by atoms with van der Waals surface area (Å²) in [7, 11) is 3.85. The number of aliphatic imine (C=N–C) groups is 1. The molecule has 8 aliphatic carbocycles. The van der Waals surface area contributed by atoms with E-state index in [1.54, 1.807) is 29.7 Å². The van der Waals surface area contributed by atoms with E-state index in [4.69, 9.17) is 10.7 Å². The predicted octanol–water partition coefficient (Wildman–Crippen LogP) is 8.73. The number of allylic oxidation sites excluding steroid dienone is 3. The maximum atomic E-state index is 15.0. The third kappa shape index (κ3) is 8.30. The number of aliphatic hydroxyl groups is 5. The highest BCUT2D eigenvalue weighted by molar-refractivity contribution is 8.76. The largest absolute Gasteiger partial charge is 0.392 e. The fraction of sp³-hybridized carbons (Fsp3) is 0.707. The van der Waals surface area contributed by atoms with Crippen LogP contribution in [0, 0.1) is 69.5 Å². The molecule has 1 aromatic heterocycles. The Labute approximate surface area is 429 Å². The van der Waals surface area contributed by atoms with Crippen molar-refractivity contribution in [3.63, 3.8) is 0 Å². The van der Waals surface area contributed by atoms with Crippen LogP contribution >= 0.6 is 21.6 Å². The number of aliphatic hydroxyl groups excluding tert-OH is 4. The summed E-state index contributed by atoms with van der Waals surface area (Å²) in [5, 5.41) is 64.7. The van der Waals surface area contributed by atoms with Gasteiger partial charge in [-0.3, -0.25) is 9.79 Å². The first kappa shape index (κ1) is 50.3. The number of nitrogens with two attached hydrogens (primary N) is 1. The van der Waals surface area contributed by atoms with E-state index in [0.29, 0.717) is 24.8 Å². The SMILES string of the molecule is C[C@H](O)NC(N)=NC[C@H]1C[C@]2(C)[C@@H]3C[C@H]([C@H](CCc4ccccc4)SSC[C@@H](n4ccnc4)CC(C)(C)C4=C5CCCC[C@@H]5C5=C6[C@@H](CCC5)C[C@@H]3[C@H](O)[C@H]64)[C@@]2(O)C2=CC(=O)[C@@H]3C[C@@H](O)[C@@H](O)C[C@]3(C)[C@H]21. The van der Waals surface area contributed by atoms with Gasteiger partial charge >= 0.3 is 0 Å². The maximum Gasteiger partial charge on any atom is 0.190 e. The summed E-state index contributed by atoms with van der Waals surface area (Å²) in [5.41, 5.74) is 11.7. The molecule has 13 heteroatoms. The van der Waals surface area contributed by atoms with Gasteiger partial charge in [-0.2, -0.15) is 0 Å². The number of imidazole rings is 1. The molecule has 2 heterocycles. The van der Waals surface area contributed by atoms with Crippen LogP contribution in [0.2, 0.25) is 0 Å². The number of aromatic nitrogens is 2. The number of fused-ring (bicyclic) bond motifs is 13. The number of nitrogens with zero attached hydrogens (tertiary/aromatic N) is 3. The molecular weight excluding hydrogens is 927 g/mol. The fourth-order valence-corrected chi connectivity index (χ4v) is 21.4. The third-order valence-corrected chi connectivity index (χ3v) is 23.8. The number of guanidine groups is 1. The molecule has 18 atom stereocenters. The summed E-state index contributed by atoms with van der Waals surface area (Å²) in [6.45, 7) is 11.3. The minimum absolute atomic E-state index is 0.0110. The van der Waals surface area contributed by atoms with Crippen molar-refractivity contribution in [2.75, 3.05) is 12.3 Å². The smallest absolute Gasteiger partial charge is 0.190 e. The Morgan fingerprint density at radius 3 is 2.52 bits per heavy atom. The summed E-state index contributed by atoms with van der Waals surface area (Å²) < 4.78 is 2.32. The molecule has 1 aliphatic heterocycles. The lowest BCUT2D eigenvalue weighted by atomic mass is 9.42. The van der Waals surface area contributed by atoms with Crippen LogP contribution in [0.15, 0.2) is 88.0 Å². The van der Waals surface area contributed by atoms with Gasteiger partial charge in [0.15, 0.2) is 11.7 Å². The average Bonchev–Trinajstić information content (AvgIpc) is 3.96. The first-order chi connectivity index (χ1) is 33.9. The van der Waals surface area contributed by atoms with Crippen LogP contribution in [-0.4, -0.2) is 94.5 Å². The molecule has 0 amide bonds. The summed E-state index contributed by atoms with van der Waals surface area (Å²) in [6, 6.07) is 10.8. The van der Waals surface area contributed by atoms with Crippen LogP contribution in [0.5, 0.6) is 0 Å². The zero-order valence-corrected chi connectivity index (χ0v) is 44.4. The number of rotatable bonds is 7. The molecule has 0 unspecified atom stereocenters. The van der Waals surface area contributed by atoms with Gasteiger partial charge in [0.05, 0.1) is 30.2 Å². The topological polar surface area (TPSA) is 186 Å². The van der Waals surface area contributed by atoms with Gasteiger partial charge in [0.25, 0.3) is 0 Å². The van der Waals surface area contributed by atoms with Crippen LogP contribution in [0.1, 0.15) is 136 Å². The van der Waals surface area contributed by atoms with Gasteiger partial charge in [0, 0.05) is 65.1 Å². The lowest BCUT2D eigenvalue weighted by Crippen LogP contribution is -2.66. The summed E-state index contributed by atoms with van der Waals surface area (Å²) in [4.78, 5) is 24.5. The summed E-state index contributed by atoms with van der Waals surface area (Å²) >= 11 is 0. The molecule has 11 nitrogen and oxygen atoms in total. The van der Waals surface area contributed by atoms with Crippen molar-refractivity contribution >= 4 is 33.3 Å². The molecule has 4 bridgehead atoms. The van der Waals surface area contributed by atoms with E-state index in [0.717, 1.165) is 62.7 Å². The summed E-state index contributed by atoms with van der Waals surface area (Å²) in [5.74, 6) is 0.170. The van der Waals surface area contributed by atoms with Crippen LogP contribution in [0.4, 0.5) is 0 Å². The average molecular weight is 1010 g/mol. The molecule has 386 valence electrons. The number of hydrogen-bond acceptors (Lipinski definition) is 10. The summed E-state index contributed by atoms with van der Waals surface area (Å²) in [6.07, 6.45) is 17.6. The molecule has 5 saturated carbocycles. The van der Waals surface area contributed by atoms with Crippen LogP contribution in [0.25, 0.3) is 0 Å². The van der Waals surface area contributed by atoms with Gasteiger partial charge in [-0.1, -0.05) is 108 Å². The molecule has 11 rings (SSSR count). The predicted molar refractivity (Wildman–Crippen MR) is 283 cm³/mol. The second-order valence-corrected chi connectivity index (χ2v) is 27.8. The van der Waals surface area contributed by atoms with Crippen LogP contribution in [0.3, 0.4) is 0 Å². The van der Waals surface area contributed by atoms with E-state index in [-0.39, 0.29) is 76.8 Å². The lowest BCUT2D eigenvalue weighted by molar-refractivity contribution is -0.172. The monoisotopic (exact) mass is 1010 g/mol. The van der Waals surface area contributed by atoms with Crippen molar-refractivity contribution < 1.29 is 30.3 Å². The quantitative estimate of drug-likeness (QED) is 0.0463. The van der Waals surface area contributed by atoms with Gasteiger partial charge in [0.1, 0.15) is 6.23 Å². The zero-order chi connectivity index (χ0) is 49.8. The van der Waals surface area contributed by atoms with Gasteiger partial charge in [-0.05, 0) is 154 Å². The van der Waals surface area contributed by atoms with Crippen molar-refractivity contribution in [2.45, 2.75) is 172 Å². The van der Waals surface area contributed by atoms with E-state index in [1.807, 2.05) is 34.1 Å². The van der Waals surface area contributed by atoms with Crippen molar-refractivity contribution in [3.05, 3.63) is 88.6 Å². The number of ketones is 1. The Balaban J connectivity index is 1.12. The Kier molecular flexibility index (Phi) is 13.5. The van der Waals surface area contributed by atoms with Crippen molar-refractivity contribution in [1.29, 1.82) is 0 Å². The van der Waals surface area contributed by atoms with Gasteiger partial charge in [-0.15, -0.1) is 0 Å². The maximum absolute atomic E-state index is 15.0. The molecule has 0 spiro atoms. The number of hydrogen-bond donors (Lipinski definition) is 7. The van der Waals surface area contributed by atoms with Crippen molar-refractivity contribution in [3.8, 4) is 0 Å². The van der Waals surface area contributed by atoms with Crippen molar-refractivity contribution in [1.82, 2.24) is 14.9 Å². The fourth-order valence-electron chi connectivity index (χ4n) is 18.1. The van der Waals surface area contributed by atoms with E-state index in [2.05, 4.69) is 79.1 Å². The number of benzene rings is 1. The minimum atomic E-state index is -1.44. The normalized spacial score (nSPS) is 43.5. The molecular formula is C58H81N5O6S2. The van der Waals surface area contributed by atoms with Gasteiger partial charge < -0.3 is 41.2 Å². The first-order valence-corrected chi connectivity index (χ1v) is 29.9. The first-order valence-electron chi connectivity index (χ1n) is 27.5. The number of carbonyl (C=O) groups excluding carboxylic acids is 1. The Morgan fingerprint density at radius 1 is 0.972 bits per heavy atom. The molecule has 8 N–H and O–H groups in total. The van der Waals surface area contributed by atoms with E-state index >= 15 is 4.79 Å². The molecule has 1 aromatic carbocycles. The standard InChI is InChI=1S/C58H81N5O6S2/c1-32(64)62-54(59)61-29-35-26-57(5)41-23-43(58(57,69)44-25-45(65)42-24-46(66)47(67)28-56(42,4)51(35)44)48(19-18-33-12-7-6-8-13-33)71-70-30-36(63-21-20-60-31-63)27-55(2,3)52-39-16-10-9-15-37(39)38-17-11-14-34-22-40(41)53(68)50(52)49(34)38/h6-8,12-13,20-21,25,31-32,34-37,40-43,46-48,50-51,53,64,66-69H,9-11,14-19,22-24,26-30H2,1-5H3,(H3,59,61,62)/t32-,34-,35+,36-,37+,40-,41+,42-,43+,46+,47-,48-,50+,51-,53-,56-,57+,58+/m0/s1. The second kappa shape index (κ2) is 19.0. The number of nitrogens with one attached hydrogen (secondary N) is 1.